The van der Waals surface area contributed by atoms with Crippen molar-refractivity contribution in [1.82, 2.24) is 5.32 Å². The summed E-state index contributed by atoms with van der Waals surface area (Å²) >= 11 is 0. The highest BCUT2D eigenvalue weighted by Gasteiger charge is 2.51. The Morgan fingerprint density at radius 2 is 1.08 bits per heavy atom. The Hall–Kier alpha value is -0.920. The second kappa shape index (κ2) is 27.7. The number of nitrogens with one attached hydrogen (secondary N) is 1. The van der Waals surface area contributed by atoms with Crippen LogP contribution in [-0.4, -0.2) is 96.8 Å². The van der Waals surface area contributed by atoms with Gasteiger partial charge in [0.25, 0.3) is 0 Å². The third kappa shape index (κ3) is 20.6. The molecule has 290 valence electrons. The van der Waals surface area contributed by atoms with Crippen LogP contribution in [0.1, 0.15) is 155 Å². The Kier molecular flexibility index (Phi) is 26.1. The molecule has 0 radical (unpaired) electrons. The fourth-order valence-corrected chi connectivity index (χ4v) is 7.04. The second-order valence-electron chi connectivity index (χ2n) is 13.8. The molecule has 1 aliphatic rings. The maximum absolute atomic E-state index is 12.8. The molecular formula is C36H70NO11P. The number of unbranched alkanes of at least 4 members (excludes halogenated alkanes) is 19. The summed E-state index contributed by atoms with van der Waals surface area (Å²) in [6.45, 7) is 3.77. The Balaban J connectivity index is 2.62. The average molecular weight is 724 g/mol. The molecule has 1 amide bonds. The van der Waals surface area contributed by atoms with Crippen LogP contribution in [0.15, 0.2) is 12.2 Å². The number of hydrogen-bond acceptors (Lipinski definition) is 10. The van der Waals surface area contributed by atoms with Gasteiger partial charge in [0.05, 0.1) is 18.8 Å². The van der Waals surface area contributed by atoms with Gasteiger partial charge >= 0.3 is 7.82 Å². The van der Waals surface area contributed by atoms with Crippen molar-refractivity contribution in [3.8, 4) is 0 Å². The van der Waals surface area contributed by atoms with Gasteiger partial charge in [-0.15, -0.1) is 0 Å². The Labute approximate surface area is 295 Å². The van der Waals surface area contributed by atoms with Gasteiger partial charge in [0, 0.05) is 6.42 Å². The molecule has 0 spiro atoms. The number of phosphoric acid groups is 1. The number of carbonyl (C=O) groups excluding carboxylic acids is 1. The van der Waals surface area contributed by atoms with Crippen LogP contribution in [0.2, 0.25) is 0 Å². The molecule has 0 aliphatic heterocycles. The van der Waals surface area contributed by atoms with E-state index in [1.165, 1.54) is 89.5 Å². The van der Waals surface area contributed by atoms with Gasteiger partial charge in [0.2, 0.25) is 5.91 Å². The van der Waals surface area contributed by atoms with Crippen molar-refractivity contribution in [2.24, 2.45) is 0 Å². The lowest BCUT2D eigenvalue weighted by Crippen LogP contribution is -2.64. The third-order valence-electron chi connectivity index (χ3n) is 9.32. The fourth-order valence-electron chi connectivity index (χ4n) is 6.08. The number of aliphatic hydroxyl groups excluding tert-OH is 6. The van der Waals surface area contributed by atoms with Crippen molar-refractivity contribution in [2.75, 3.05) is 6.61 Å². The highest BCUT2D eigenvalue weighted by molar-refractivity contribution is 7.47. The fraction of sp³-hybridized carbons (Fsp3) is 0.917. The Morgan fingerprint density at radius 1 is 0.673 bits per heavy atom. The van der Waals surface area contributed by atoms with Crippen LogP contribution in [0, 0.1) is 0 Å². The number of carbonyl (C=O) groups is 1. The number of phosphoric ester groups is 1. The molecule has 1 aliphatic carbocycles. The normalized spacial score (nSPS) is 25.3. The molecule has 0 saturated heterocycles. The number of hydrogen-bond donors (Lipinski definition) is 8. The van der Waals surface area contributed by atoms with Crippen molar-refractivity contribution in [1.29, 1.82) is 0 Å². The summed E-state index contributed by atoms with van der Waals surface area (Å²) < 4.78 is 22.7. The van der Waals surface area contributed by atoms with Crippen LogP contribution in [0.25, 0.3) is 0 Å². The first-order chi connectivity index (χ1) is 23.4. The van der Waals surface area contributed by atoms with E-state index in [-0.39, 0.29) is 12.3 Å². The van der Waals surface area contributed by atoms with Gasteiger partial charge in [-0.1, -0.05) is 142 Å². The van der Waals surface area contributed by atoms with Gasteiger partial charge < -0.3 is 40.8 Å². The zero-order chi connectivity index (χ0) is 36.5. The number of amides is 1. The highest BCUT2D eigenvalue weighted by Crippen LogP contribution is 2.47. The van der Waals surface area contributed by atoms with Crippen molar-refractivity contribution in [3.63, 3.8) is 0 Å². The van der Waals surface area contributed by atoms with E-state index in [0.717, 1.165) is 44.9 Å². The molecule has 0 aromatic carbocycles. The maximum atomic E-state index is 12.8. The predicted molar refractivity (Wildman–Crippen MR) is 191 cm³/mol. The van der Waals surface area contributed by atoms with E-state index in [1.807, 2.05) is 6.08 Å². The van der Waals surface area contributed by atoms with E-state index >= 15 is 0 Å². The second-order valence-corrected chi connectivity index (χ2v) is 15.2. The summed E-state index contributed by atoms with van der Waals surface area (Å²) in [7, 11) is -5.06. The first-order valence-electron chi connectivity index (χ1n) is 19.1. The lowest BCUT2D eigenvalue weighted by molar-refractivity contribution is -0.220. The smallest absolute Gasteiger partial charge is 0.387 e. The average Bonchev–Trinajstić information content (AvgIpc) is 3.08. The zero-order valence-electron chi connectivity index (χ0n) is 30.2. The van der Waals surface area contributed by atoms with Gasteiger partial charge in [0.15, 0.2) is 0 Å². The predicted octanol–water partition coefficient (Wildman–Crippen LogP) is 5.33. The standard InChI is InChI=1S/C36H70NO11P/c1-3-5-7-9-11-13-15-17-19-21-23-25-29(38)28(37-30(39)26-24-22-20-18-16-14-12-10-8-6-4-2)27-47-49(45,46)48-36-34(43)32(41)31(40)33(42)35(36)44/h23,25,28-29,31-36,38,40-44H,3-22,24,26-27H2,1-2H3,(H,37,39)(H,45,46)/b25-23+/t28-,29+,31?,32+,33?,34?,35?,36?/m0/s1. The van der Waals surface area contributed by atoms with Gasteiger partial charge in [0.1, 0.15) is 36.6 Å². The van der Waals surface area contributed by atoms with E-state index in [4.69, 9.17) is 9.05 Å². The Bertz CT molecular complexity index is 894. The van der Waals surface area contributed by atoms with Crippen molar-refractivity contribution in [3.05, 3.63) is 12.2 Å². The van der Waals surface area contributed by atoms with Crippen LogP contribution in [0.5, 0.6) is 0 Å². The minimum Gasteiger partial charge on any atom is -0.387 e. The first-order valence-corrected chi connectivity index (χ1v) is 20.6. The van der Waals surface area contributed by atoms with Crippen LogP contribution in [0.3, 0.4) is 0 Å². The lowest BCUT2D eigenvalue weighted by atomic mass is 9.85. The molecule has 12 nitrogen and oxygen atoms in total. The van der Waals surface area contributed by atoms with E-state index in [0.29, 0.717) is 6.42 Å². The van der Waals surface area contributed by atoms with E-state index in [9.17, 15) is 44.9 Å². The molecule has 49 heavy (non-hydrogen) atoms. The molecule has 8 N–H and O–H groups in total. The summed E-state index contributed by atoms with van der Waals surface area (Å²) in [6.07, 6.45) is 14.5. The summed E-state index contributed by atoms with van der Waals surface area (Å²) in [6, 6.07) is -1.11. The lowest BCUT2D eigenvalue weighted by Gasteiger charge is -2.41. The topological polar surface area (TPSA) is 206 Å². The molecule has 0 bridgehead atoms. The van der Waals surface area contributed by atoms with Crippen LogP contribution < -0.4 is 5.32 Å². The third-order valence-corrected chi connectivity index (χ3v) is 10.3. The molecule has 0 heterocycles. The van der Waals surface area contributed by atoms with E-state index < -0.39 is 63.2 Å². The zero-order valence-corrected chi connectivity index (χ0v) is 31.1. The van der Waals surface area contributed by atoms with Crippen molar-refractivity contribution >= 4 is 13.7 Å². The molecule has 1 saturated carbocycles. The molecule has 9 atom stereocenters. The van der Waals surface area contributed by atoms with Crippen LogP contribution in [0.4, 0.5) is 0 Å². The molecular weight excluding hydrogens is 653 g/mol. The number of allylic oxidation sites excluding steroid dienone is 1. The molecule has 13 heteroatoms. The summed E-state index contributed by atoms with van der Waals surface area (Å²) in [5, 5.41) is 63.5. The quantitative estimate of drug-likeness (QED) is 0.0270. The Morgan fingerprint density at radius 3 is 1.55 bits per heavy atom. The molecule has 0 aromatic heterocycles. The molecule has 6 unspecified atom stereocenters. The van der Waals surface area contributed by atoms with Crippen LogP contribution >= 0.6 is 7.82 Å². The maximum Gasteiger partial charge on any atom is 0.472 e. The van der Waals surface area contributed by atoms with Crippen molar-refractivity contribution in [2.45, 2.75) is 204 Å². The molecule has 0 aromatic rings. The van der Waals surface area contributed by atoms with Gasteiger partial charge in [-0.2, -0.15) is 0 Å². The molecule has 1 rings (SSSR count). The van der Waals surface area contributed by atoms with Crippen molar-refractivity contribution < 1.29 is 53.9 Å². The number of aliphatic hydroxyl groups is 6. The van der Waals surface area contributed by atoms with Crippen LogP contribution in [-0.2, 0) is 18.4 Å². The SMILES string of the molecule is CCCCCCCCCCC/C=C/[C@@H](O)[C@H](COP(=O)(O)OC1C(O)C(O)C(O)[C@@H](O)C1O)NC(=O)CCCCCCCCCCCCC. The van der Waals surface area contributed by atoms with Gasteiger partial charge in [-0.3, -0.25) is 13.8 Å². The van der Waals surface area contributed by atoms with E-state index in [1.54, 1.807) is 0 Å². The minimum absolute atomic E-state index is 0.217. The number of rotatable bonds is 30. The summed E-state index contributed by atoms with van der Waals surface area (Å²) in [4.78, 5) is 23.1. The molecule has 1 fully saturated rings. The highest BCUT2D eigenvalue weighted by atomic mass is 31.2. The monoisotopic (exact) mass is 723 g/mol. The first kappa shape index (κ1) is 46.1. The van der Waals surface area contributed by atoms with Gasteiger partial charge in [-0.25, -0.2) is 4.57 Å². The summed E-state index contributed by atoms with van der Waals surface area (Å²) in [5.41, 5.74) is 0. The van der Waals surface area contributed by atoms with E-state index in [2.05, 4.69) is 19.2 Å². The summed E-state index contributed by atoms with van der Waals surface area (Å²) in [5.74, 6) is -0.344. The minimum atomic E-state index is -5.06. The largest absolute Gasteiger partial charge is 0.472 e. The van der Waals surface area contributed by atoms with Gasteiger partial charge in [-0.05, 0) is 19.3 Å².